The molecule has 1 aromatic rings. The van der Waals surface area contributed by atoms with Crippen molar-refractivity contribution in [2.24, 2.45) is 5.73 Å². The van der Waals surface area contributed by atoms with E-state index < -0.39 is 0 Å². The number of hydrogen-bond acceptors (Lipinski definition) is 2. The van der Waals surface area contributed by atoms with Gasteiger partial charge in [0.2, 0.25) is 5.91 Å². The van der Waals surface area contributed by atoms with Gasteiger partial charge in [-0.05, 0) is 12.5 Å². The van der Waals surface area contributed by atoms with E-state index in [4.69, 9.17) is 5.73 Å². The van der Waals surface area contributed by atoms with Crippen LogP contribution >= 0.6 is 0 Å². The first kappa shape index (κ1) is 13.5. The maximum Gasteiger partial charge on any atom is 0.224 e. The first-order valence-corrected chi connectivity index (χ1v) is 5.81. The van der Waals surface area contributed by atoms with E-state index in [9.17, 15) is 4.79 Å². The zero-order valence-electron chi connectivity index (χ0n) is 10.3. The zero-order valence-corrected chi connectivity index (χ0v) is 10.3. The van der Waals surface area contributed by atoms with Crippen LogP contribution in [0.4, 0.5) is 0 Å². The predicted octanol–water partition coefficient (Wildman–Crippen LogP) is 1.94. The van der Waals surface area contributed by atoms with Crippen molar-refractivity contribution in [3.8, 4) is 0 Å². The summed E-state index contributed by atoms with van der Waals surface area (Å²) in [5.74, 6) is 0.0729. The van der Waals surface area contributed by atoms with E-state index in [1.54, 1.807) is 11.0 Å². The van der Waals surface area contributed by atoms with E-state index in [0.29, 0.717) is 19.5 Å². The molecule has 0 aliphatic carbocycles. The van der Waals surface area contributed by atoms with Gasteiger partial charge in [-0.15, -0.1) is 6.58 Å². The highest BCUT2D eigenvalue weighted by Crippen LogP contribution is 2.06. The van der Waals surface area contributed by atoms with E-state index in [1.165, 1.54) is 0 Å². The molecule has 0 aromatic heterocycles. The van der Waals surface area contributed by atoms with E-state index in [2.05, 4.69) is 6.58 Å². The van der Waals surface area contributed by atoms with Gasteiger partial charge in [0.25, 0.3) is 0 Å². The molecule has 0 saturated heterocycles. The smallest absolute Gasteiger partial charge is 0.224 e. The minimum Gasteiger partial charge on any atom is -0.335 e. The molecule has 0 radical (unpaired) electrons. The molecule has 1 amide bonds. The minimum atomic E-state index is -0.106. The fourth-order valence-corrected chi connectivity index (χ4v) is 1.62. The van der Waals surface area contributed by atoms with Crippen molar-refractivity contribution in [2.75, 3.05) is 6.54 Å². The van der Waals surface area contributed by atoms with Crippen molar-refractivity contribution in [1.82, 2.24) is 4.90 Å². The molecule has 0 spiro atoms. The van der Waals surface area contributed by atoms with Crippen LogP contribution < -0.4 is 5.73 Å². The van der Waals surface area contributed by atoms with Crippen LogP contribution in [0.2, 0.25) is 0 Å². The SMILES string of the molecule is C=CCN(Cc1ccccc1)C(=O)CC(C)N. The van der Waals surface area contributed by atoms with Gasteiger partial charge in [0, 0.05) is 25.6 Å². The number of benzene rings is 1. The molecule has 3 nitrogen and oxygen atoms in total. The lowest BCUT2D eigenvalue weighted by atomic mass is 10.2. The van der Waals surface area contributed by atoms with E-state index in [0.717, 1.165) is 5.56 Å². The quantitative estimate of drug-likeness (QED) is 0.762. The summed E-state index contributed by atoms with van der Waals surface area (Å²) in [5.41, 5.74) is 6.77. The van der Waals surface area contributed by atoms with Crippen LogP contribution in [0.5, 0.6) is 0 Å². The molecule has 0 heterocycles. The molecule has 3 heteroatoms. The van der Waals surface area contributed by atoms with Crippen molar-refractivity contribution < 1.29 is 4.79 Å². The summed E-state index contributed by atoms with van der Waals surface area (Å²) in [4.78, 5) is 13.7. The lowest BCUT2D eigenvalue weighted by molar-refractivity contribution is -0.131. The molecular weight excluding hydrogens is 212 g/mol. The molecule has 1 atom stereocenters. The topological polar surface area (TPSA) is 46.3 Å². The fraction of sp³-hybridized carbons (Fsp3) is 0.357. The van der Waals surface area contributed by atoms with E-state index >= 15 is 0 Å². The molecule has 1 rings (SSSR count). The van der Waals surface area contributed by atoms with Crippen LogP contribution in [0, 0.1) is 0 Å². The molecule has 0 saturated carbocycles. The third-order valence-corrected chi connectivity index (χ3v) is 2.42. The summed E-state index contributed by atoms with van der Waals surface area (Å²) in [7, 11) is 0. The third kappa shape index (κ3) is 4.83. The van der Waals surface area contributed by atoms with Gasteiger partial charge in [-0.2, -0.15) is 0 Å². The average Bonchev–Trinajstić information content (AvgIpc) is 2.29. The molecule has 0 aliphatic rings. The van der Waals surface area contributed by atoms with Crippen LogP contribution in [-0.4, -0.2) is 23.4 Å². The molecule has 0 bridgehead atoms. The van der Waals surface area contributed by atoms with E-state index in [1.807, 2.05) is 37.3 Å². The van der Waals surface area contributed by atoms with Crippen molar-refractivity contribution in [3.05, 3.63) is 48.6 Å². The van der Waals surface area contributed by atoms with Gasteiger partial charge in [-0.3, -0.25) is 4.79 Å². The number of carbonyl (C=O) groups excluding carboxylic acids is 1. The lowest BCUT2D eigenvalue weighted by Gasteiger charge is -2.22. The Morgan fingerprint density at radius 2 is 2.12 bits per heavy atom. The van der Waals surface area contributed by atoms with E-state index in [-0.39, 0.29) is 11.9 Å². The Labute approximate surface area is 103 Å². The third-order valence-electron chi connectivity index (χ3n) is 2.42. The monoisotopic (exact) mass is 232 g/mol. The molecule has 2 N–H and O–H groups in total. The van der Waals surface area contributed by atoms with Crippen LogP contribution in [0.25, 0.3) is 0 Å². The number of nitrogens with two attached hydrogens (primary N) is 1. The Morgan fingerprint density at radius 1 is 1.47 bits per heavy atom. The van der Waals surface area contributed by atoms with Crippen molar-refractivity contribution in [1.29, 1.82) is 0 Å². The maximum absolute atomic E-state index is 11.9. The lowest BCUT2D eigenvalue weighted by Crippen LogP contribution is -2.34. The highest BCUT2D eigenvalue weighted by atomic mass is 16.2. The van der Waals surface area contributed by atoms with Gasteiger partial charge in [-0.25, -0.2) is 0 Å². The standard InChI is InChI=1S/C14H20N2O/c1-3-9-16(14(17)10-12(2)15)11-13-7-5-4-6-8-13/h3-8,12H,1,9-11,15H2,2H3. The van der Waals surface area contributed by atoms with Crippen LogP contribution in [0.15, 0.2) is 43.0 Å². The number of nitrogens with zero attached hydrogens (tertiary/aromatic N) is 1. The first-order valence-electron chi connectivity index (χ1n) is 5.81. The molecule has 1 unspecified atom stereocenters. The molecule has 0 fully saturated rings. The summed E-state index contributed by atoms with van der Waals surface area (Å²) >= 11 is 0. The molecule has 92 valence electrons. The Morgan fingerprint density at radius 3 is 2.65 bits per heavy atom. The summed E-state index contributed by atoms with van der Waals surface area (Å²) in [6.07, 6.45) is 2.11. The van der Waals surface area contributed by atoms with Gasteiger partial charge in [-0.1, -0.05) is 36.4 Å². The summed E-state index contributed by atoms with van der Waals surface area (Å²) < 4.78 is 0. The van der Waals surface area contributed by atoms with Crippen LogP contribution in [0.1, 0.15) is 18.9 Å². The Hall–Kier alpha value is -1.61. The second kappa shape index (κ2) is 6.86. The van der Waals surface area contributed by atoms with Gasteiger partial charge in [0.15, 0.2) is 0 Å². The Balaban J connectivity index is 2.66. The van der Waals surface area contributed by atoms with Crippen LogP contribution in [0.3, 0.4) is 0 Å². The molecule has 1 aromatic carbocycles. The second-order valence-electron chi connectivity index (χ2n) is 4.23. The van der Waals surface area contributed by atoms with Crippen molar-refractivity contribution >= 4 is 5.91 Å². The normalized spacial score (nSPS) is 11.9. The largest absolute Gasteiger partial charge is 0.335 e. The number of hydrogen-bond donors (Lipinski definition) is 1. The number of carbonyl (C=O) groups is 1. The molecule has 17 heavy (non-hydrogen) atoms. The van der Waals surface area contributed by atoms with Gasteiger partial charge in [0.05, 0.1) is 0 Å². The Bertz CT molecular complexity index is 360. The molecule has 0 aliphatic heterocycles. The number of rotatable bonds is 6. The van der Waals surface area contributed by atoms with Crippen LogP contribution in [-0.2, 0) is 11.3 Å². The maximum atomic E-state index is 11.9. The van der Waals surface area contributed by atoms with Crippen molar-refractivity contribution in [3.63, 3.8) is 0 Å². The highest BCUT2D eigenvalue weighted by molar-refractivity contribution is 5.76. The van der Waals surface area contributed by atoms with Crippen molar-refractivity contribution in [2.45, 2.75) is 25.9 Å². The van der Waals surface area contributed by atoms with Gasteiger partial charge >= 0.3 is 0 Å². The average molecular weight is 232 g/mol. The zero-order chi connectivity index (χ0) is 12.7. The summed E-state index contributed by atoms with van der Waals surface area (Å²) in [6, 6.07) is 9.82. The Kier molecular flexibility index (Phi) is 5.43. The molecular formula is C14H20N2O. The second-order valence-corrected chi connectivity index (χ2v) is 4.23. The minimum absolute atomic E-state index is 0.0729. The van der Waals surface area contributed by atoms with Gasteiger partial charge < -0.3 is 10.6 Å². The highest BCUT2D eigenvalue weighted by Gasteiger charge is 2.13. The summed E-state index contributed by atoms with van der Waals surface area (Å²) in [6.45, 7) is 6.68. The van der Waals surface area contributed by atoms with Gasteiger partial charge in [0.1, 0.15) is 0 Å². The summed E-state index contributed by atoms with van der Waals surface area (Å²) in [5, 5.41) is 0. The number of amides is 1. The predicted molar refractivity (Wildman–Crippen MR) is 70.3 cm³/mol. The fourth-order valence-electron chi connectivity index (χ4n) is 1.62. The first-order chi connectivity index (χ1) is 8.13.